The van der Waals surface area contributed by atoms with E-state index in [0.29, 0.717) is 18.5 Å². The third-order valence-electron chi connectivity index (χ3n) is 1.08. The van der Waals surface area contributed by atoms with E-state index in [4.69, 9.17) is 0 Å². The van der Waals surface area contributed by atoms with Gasteiger partial charge in [0.2, 0.25) is 0 Å². The minimum absolute atomic E-state index is 0.121. The Kier molecular flexibility index (Phi) is 10.9. The van der Waals surface area contributed by atoms with Gasteiger partial charge in [-0.25, -0.2) is 0 Å². The molecule has 0 saturated heterocycles. The normalized spacial score (nSPS) is 10.2. The summed E-state index contributed by atoms with van der Waals surface area (Å²) in [5.74, 6) is 0. The third kappa shape index (κ3) is 8.78. The quantitative estimate of drug-likeness (QED) is 0.722. The van der Waals surface area contributed by atoms with Crippen molar-refractivity contribution in [1.82, 2.24) is 0 Å². The van der Waals surface area contributed by atoms with Crippen molar-refractivity contribution in [3.05, 3.63) is 0 Å². The summed E-state index contributed by atoms with van der Waals surface area (Å²) < 4.78 is 30.3. The molecule has 0 fully saturated rings. The SMILES string of the molecule is O=P#CCP(CC#P=O)CC#P=O. The minimum atomic E-state index is -0.532. The Balaban J connectivity index is 4.24. The first-order valence-corrected chi connectivity index (χ1v) is 7.56. The Morgan fingerprint density at radius 1 is 0.769 bits per heavy atom. The van der Waals surface area contributed by atoms with E-state index in [1.807, 2.05) is 0 Å². The molecular formula is C6H6O3P4. The van der Waals surface area contributed by atoms with Crippen molar-refractivity contribution >= 4 is 31.7 Å². The molecule has 0 aliphatic carbocycles. The molecule has 0 aromatic heterocycles. The molecule has 0 radical (unpaired) electrons. The van der Waals surface area contributed by atoms with Crippen LogP contribution < -0.4 is 0 Å². The average Bonchev–Trinajstić information content (AvgIpc) is 2.17. The van der Waals surface area contributed by atoms with Gasteiger partial charge in [0.1, 0.15) is 0 Å². The monoisotopic (exact) mass is 250 g/mol. The molecule has 0 heterocycles. The molecule has 0 aliphatic heterocycles. The van der Waals surface area contributed by atoms with Gasteiger partial charge in [0, 0.05) is 0 Å². The van der Waals surface area contributed by atoms with Gasteiger partial charge in [-0.2, -0.15) is 0 Å². The van der Waals surface area contributed by atoms with E-state index in [9.17, 15) is 13.7 Å². The van der Waals surface area contributed by atoms with Crippen LogP contribution in [0.3, 0.4) is 0 Å². The number of hydrogen-bond acceptors (Lipinski definition) is 3. The standard InChI is InChI=1S/C6H6O3P4/c7-10-1-4-13(5-2-11-8)6-3-12-9/h4-6H2. The first kappa shape index (κ1) is 13.5. The molecule has 68 valence electrons. The van der Waals surface area contributed by atoms with Crippen molar-refractivity contribution in [2.75, 3.05) is 18.5 Å². The van der Waals surface area contributed by atoms with Crippen LogP contribution in [0.2, 0.25) is 0 Å². The maximum atomic E-state index is 10.1. The van der Waals surface area contributed by atoms with Crippen molar-refractivity contribution < 1.29 is 13.7 Å². The van der Waals surface area contributed by atoms with E-state index in [1.54, 1.807) is 0 Å². The molecule has 0 aromatic rings. The Labute approximate surface area is 81.2 Å². The first-order chi connectivity index (χ1) is 6.35. The van der Waals surface area contributed by atoms with Crippen molar-refractivity contribution in [3.8, 4) is 16.9 Å². The van der Waals surface area contributed by atoms with Crippen LogP contribution in [0.15, 0.2) is 0 Å². The van der Waals surface area contributed by atoms with Crippen LogP contribution in [0.1, 0.15) is 0 Å². The summed E-state index contributed by atoms with van der Waals surface area (Å²) in [7, 11) is -0.896. The number of hydrogen-bond donors (Lipinski definition) is 0. The summed E-state index contributed by atoms with van der Waals surface area (Å²) in [5, 5.41) is 0. The number of rotatable bonds is 3. The van der Waals surface area contributed by atoms with Gasteiger partial charge in [-0.05, 0) is 0 Å². The van der Waals surface area contributed by atoms with Crippen LogP contribution in [0.5, 0.6) is 0 Å². The van der Waals surface area contributed by atoms with E-state index in [1.165, 1.54) is 0 Å². The second-order valence-electron chi connectivity index (χ2n) is 1.89. The molecule has 7 heteroatoms. The second-order valence-corrected chi connectivity index (χ2v) is 5.68. The zero-order valence-corrected chi connectivity index (χ0v) is 10.2. The fourth-order valence-electron chi connectivity index (χ4n) is 0.554. The zero-order valence-electron chi connectivity index (χ0n) is 6.63. The topological polar surface area (TPSA) is 51.2 Å². The molecule has 0 aromatic carbocycles. The fraction of sp³-hybridized carbons (Fsp3) is 0.500. The van der Waals surface area contributed by atoms with Crippen LogP contribution in [-0.2, 0) is 13.7 Å². The average molecular weight is 250 g/mol. The molecule has 0 unspecified atom stereocenters. The molecule has 0 N–H and O–H groups in total. The van der Waals surface area contributed by atoms with Gasteiger partial charge in [-0.1, -0.05) is 0 Å². The molecular weight excluding hydrogens is 244 g/mol. The van der Waals surface area contributed by atoms with Crippen molar-refractivity contribution in [2.45, 2.75) is 0 Å². The van der Waals surface area contributed by atoms with Gasteiger partial charge in [0.15, 0.2) is 0 Å². The Hall–Kier alpha value is 0.460. The maximum absolute atomic E-state index is 10.1. The Morgan fingerprint density at radius 3 is 1.31 bits per heavy atom. The van der Waals surface area contributed by atoms with E-state index in [0.717, 1.165) is 0 Å². The summed E-state index contributed by atoms with van der Waals surface area (Å²) in [4.78, 5) is 0. The molecule has 0 rings (SSSR count). The molecule has 0 spiro atoms. The molecule has 0 bridgehead atoms. The van der Waals surface area contributed by atoms with Gasteiger partial charge in [-0.3, -0.25) is 0 Å². The third-order valence-corrected chi connectivity index (χ3v) is 4.50. The molecule has 0 aliphatic rings. The predicted octanol–water partition coefficient (Wildman–Crippen LogP) is 3.22. The van der Waals surface area contributed by atoms with Crippen molar-refractivity contribution in [3.63, 3.8) is 0 Å². The van der Waals surface area contributed by atoms with Gasteiger partial charge < -0.3 is 0 Å². The van der Waals surface area contributed by atoms with Crippen LogP contribution in [-0.4, -0.2) is 18.5 Å². The summed E-state index contributed by atoms with van der Waals surface area (Å²) >= 11 is 0. The van der Waals surface area contributed by atoms with Crippen molar-refractivity contribution in [1.29, 1.82) is 0 Å². The Morgan fingerprint density at radius 2 is 1.08 bits per heavy atom. The molecule has 13 heavy (non-hydrogen) atoms. The van der Waals surface area contributed by atoms with E-state index in [-0.39, 0.29) is 23.7 Å². The fourth-order valence-corrected chi connectivity index (χ4v) is 3.98. The van der Waals surface area contributed by atoms with Crippen molar-refractivity contribution in [2.24, 2.45) is 0 Å². The molecule has 0 atom stereocenters. The predicted molar refractivity (Wildman–Crippen MR) is 56.0 cm³/mol. The second kappa shape index (κ2) is 10.5. The Bertz CT molecular complexity index is 368. The molecule has 0 amide bonds. The van der Waals surface area contributed by atoms with Crippen LogP contribution in [0.4, 0.5) is 0 Å². The summed E-state index contributed by atoms with van der Waals surface area (Å²) in [5.41, 5.74) is 7.86. The van der Waals surface area contributed by atoms with Crippen LogP contribution >= 0.6 is 31.7 Å². The summed E-state index contributed by atoms with van der Waals surface area (Å²) in [6, 6.07) is 0. The van der Waals surface area contributed by atoms with Gasteiger partial charge in [0.05, 0.1) is 0 Å². The van der Waals surface area contributed by atoms with E-state index < -0.39 is 7.92 Å². The van der Waals surface area contributed by atoms with Gasteiger partial charge >= 0.3 is 80.7 Å². The van der Waals surface area contributed by atoms with Gasteiger partial charge in [0.25, 0.3) is 0 Å². The van der Waals surface area contributed by atoms with E-state index >= 15 is 0 Å². The first-order valence-electron chi connectivity index (χ1n) is 3.23. The van der Waals surface area contributed by atoms with Gasteiger partial charge in [-0.15, -0.1) is 0 Å². The summed E-state index contributed by atoms with van der Waals surface area (Å²) in [6.07, 6.45) is 1.68. The molecule has 3 nitrogen and oxygen atoms in total. The van der Waals surface area contributed by atoms with E-state index in [2.05, 4.69) is 16.9 Å². The van der Waals surface area contributed by atoms with Crippen LogP contribution in [0.25, 0.3) is 0 Å². The van der Waals surface area contributed by atoms with Crippen LogP contribution in [0, 0.1) is 16.9 Å². The summed E-state index contributed by atoms with van der Waals surface area (Å²) in [6.45, 7) is 0. The zero-order chi connectivity index (χ0) is 9.94. The molecule has 0 saturated carbocycles.